The molecule has 1 amide bonds. The Morgan fingerprint density at radius 1 is 1.13 bits per heavy atom. The van der Waals surface area contributed by atoms with Crippen LogP contribution in [-0.2, 0) is 11.2 Å². The van der Waals surface area contributed by atoms with E-state index in [0.717, 1.165) is 28.0 Å². The van der Waals surface area contributed by atoms with Gasteiger partial charge in [0, 0.05) is 5.69 Å². The maximum absolute atomic E-state index is 12.4. The SMILES string of the molecule is C/C(Cc1ccccc1)=C(\C#N)C(=O)Nc1ccc(C)cc1C. The van der Waals surface area contributed by atoms with Gasteiger partial charge in [0.15, 0.2) is 0 Å². The Labute approximate surface area is 137 Å². The molecule has 0 aliphatic carbocycles. The van der Waals surface area contributed by atoms with Gasteiger partial charge < -0.3 is 5.32 Å². The fourth-order valence-corrected chi connectivity index (χ4v) is 2.47. The first-order valence-corrected chi connectivity index (χ1v) is 7.53. The van der Waals surface area contributed by atoms with E-state index in [1.807, 2.05) is 75.4 Å². The molecule has 0 spiro atoms. The summed E-state index contributed by atoms with van der Waals surface area (Å²) in [6, 6.07) is 17.7. The van der Waals surface area contributed by atoms with Crippen molar-refractivity contribution in [3.05, 3.63) is 76.4 Å². The Morgan fingerprint density at radius 3 is 2.43 bits per heavy atom. The number of anilines is 1. The lowest BCUT2D eigenvalue weighted by Gasteiger charge is -2.10. The van der Waals surface area contributed by atoms with Gasteiger partial charge in [-0.3, -0.25) is 4.79 Å². The van der Waals surface area contributed by atoms with Gasteiger partial charge in [-0.1, -0.05) is 48.0 Å². The lowest BCUT2D eigenvalue weighted by atomic mass is 10.0. The first-order chi connectivity index (χ1) is 11.0. The number of carbonyl (C=O) groups is 1. The molecule has 2 aromatic carbocycles. The summed E-state index contributed by atoms with van der Waals surface area (Å²) >= 11 is 0. The third-order valence-electron chi connectivity index (χ3n) is 3.71. The zero-order valence-electron chi connectivity index (χ0n) is 13.7. The molecule has 0 atom stereocenters. The van der Waals surface area contributed by atoms with Gasteiger partial charge in [-0.2, -0.15) is 5.26 Å². The zero-order chi connectivity index (χ0) is 16.8. The molecule has 2 aromatic rings. The molecule has 0 heterocycles. The van der Waals surface area contributed by atoms with Gasteiger partial charge in [0.2, 0.25) is 0 Å². The van der Waals surface area contributed by atoms with Crippen molar-refractivity contribution in [1.29, 1.82) is 5.26 Å². The standard InChI is InChI=1S/C20H20N2O/c1-14-9-10-19(16(3)11-14)22-20(23)18(13-21)15(2)12-17-7-5-4-6-8-17/h4-11H,12H2,1-3H3,(H,22,23)/b18-15-. The van der Waals surface area contributed by atoms with E-state index < -0.39 is 0 Å². The highest BCUT2D eigenvalue weighted by molar-refractivity contribution is 6.07. The minimum atomic E-state index is -0.354. The number of rotatable bonds is 4. The predicted molar refractivity (Wildman–Crippen MR) is 93.0 cm³/mol. The van der Waals surface area contributed by atoms with E-state index >= 15 is 0 Å². The lowest BCUT2D eigenvalue weighted by Crippen LogP contribution is -2.16. The number of carbonyl (C=O) groups excluding carboxylic acids is 1. The van der Waals surface area contributed by atoms with Crippen molar-refractivity contribution >= 4 is 11.6 Å². The smallest absolute Gasteiger partial charge is 0.266 e. The first-order valence-electron chi connectivity index (χ1n) is 7.53. The molecule has 116 valence electrons. The van der Waals surface area contributed by atoms with Crippen LogP contribution in [0.5, 0.6) is 0 Å². The number of nitrogens with zero attached hydrogens (tertiary/aromatic N) is 1. The topological polar surface area (TPSA) is 52.9 Å². The highest BCUT2D eigenvalue weighted by Gasteiger charge is 2.14. The van der Waals surface area contributed by atoms with Crippen LogP contribution in [0.3, 0.4) is 0 Å². The summed E-state index contributed by atoms with van der Waals surface area (Å²) in [4.78, 5) is 12.4. The fraction of sp³-hybridized carbons (Fsp3) is 0.200. The van der Waals surface area contributed by atoms with E-state index in [2.05, 4.69) is 5.32 Å². The van der Waals surface area contributed by atoms with Crippen molar-refractivity contribution in [2.45, 2.75) is 27.2 Å². The van der Waals surface area contributed by atoms with E-state index in [9.17, 15) is 10.1 Å². The second kappa shape index (κ2) is 7.42. The van der Waals surface area contributed by atoms with E-state index in [1.54, 1.807) is 0 Å². The summed E-state index contributed by atoms with van der Waals surface area (Å²) in [7, 11) is 0. The number of hydrogen-bond acceptors (Lipinski definition) is 2. The molecule has 3 heteroatoms. The predicted octanol–water partition coefficient (Wildman–Crippen LogP) is 4.32. The lowest BCUT2D eigenvalue weighted by molar-refractivity contribution is -0.112. The first kappa shape index (κ1) is 16.5. The minimum absolute atomic E-state index is 0.175. The van der Waals surface area contributed by atoms with Crippen LogP contribution < -0.4 is 5.32 Å². The number of amides is 1. The molecule has 3 nitrogen and oxygen atoms in total. The van der Waals surface area contributed by atoms with Gasteiger partial charge in [0.25, 0.3) is 5.91 Å². The van der Waals surface area contributed by atoms with Crippen LogP contribution in [0.15, 0.2) is 59.7 Å². The molecule has 0 saturated heterocycles. The van der Waals surface area contributed by atoms with Crippen molar-refractivity contribution in [3.63, 3.8) is 0 Å². The molecule has 2 rings (SSSR count). The quantitative estimate of drug-likeness (QED) is 0.675. The normalized spacial score (nSPS) is 11.4. The molecule has 0 unspecified atom stereocenters. The molecule has 0 bridgehead atoms. The molecular formula is C20H20N2O. The van der Waals surface area contributed by atoms with E-state index in [0.29, 0.717) is 6.42 Å². The van der Waals surface area contributed by atoms with Gasteiger partial charge in [-0.25, -0.2) is 0 Å². The van der Waals surface area contributed by atoms with Crippen molar-refractivity contribution in [1.82, 2.24) is 0 Å². The Bertz CT molecular complexity index is 783. The molecule has 0 saturated carbocycles. The van der Waals surface area contributed by atoms with Crippen molar-refractivity contribution < 1.29 is 4.79 Å². The molecule has 0 aliphatic rings. The number of allylic oxidation sites excluding steroid dienone is 1. The van der Waals surface area contributed by atoms with Gasteiger partial charge >= 0.3 is 0 Å². The summed E-state index contributed by atoms with van der Waals surface area (Å²) in [5.41, 5.74) is 4.88. The second-order valence-electron chi connectivity index (χ2n) is 5.70. The molecule has 0 aromatic heterocycles. The maximum atomic E-state index is 12.4. The third-order valence-corrected chi connectivity index (χ3v) is 3.71. The molecular weight excluding hydrogens is 284 g/mol. The average Bonchev–Trinajstić information content (AvgIpc) is 2.52. The Hall–Kier alpha value is -2.86. The van der Waals surface area contributed by atoms with E-state index in [4.69, 9.17) is 0 Å². The van der Waals surface area contributed by atoms with Crippen molar-refractivity contribution in [2.24, 2.45) is 0 Å². The zero-order valence-corrected chi connectivity index (χ0v) is 13.7. The van der Waals surface area contributed by atoms with Crippen LogP contribution in [-0.4, -0.2) is 5.91 Å². The molecule has 0 radical (unpaired) electrons. The van der Waals surface area contributed by atoms with Crippen LogP contribution in [0, 0.1) is 25.2 Å². The summed E-state index contributed by atoms with van der Waals surface area (Å²) in [5, 5.41) is 12.2. The highest BCUT2D eigenvalue weighted by Crippen LogP contribution is 2.18. The number of nitriles is 1. The van der Waals surface area contributed by atoms with Crippen LogP contribution in [0.2, 0.25) is 0 Å². The highest BCUT2D eigenvalue weighted by atomic mass is 16.1. The summed E-state index contributed by atoms with van der Waals surface area (Å²) in [6.45, 7) is 5.77. The van der Waals surface area contributed by atoms with Crippen molar-refractivity contribution in [3.8, 4) is 6.07 Å². The maximum Gasteiger partial charge on any atom is 0.266 e. The summed E-state index contributed by atoms with van der Waals surface area (Å²) in [6.07, 6.45) is 0.587. The minimum Gasteiger partial charge on any atom is -0.321 e. The average molecular weight is 304 g/mol. The number of aryl methyl sites for hydroxylation is 2. The third kappa shape index (κ3) is 4.31. The van der Waals surface area contributed by atoms with Crippen LogP contribution >= 0.6 is 0 Å². The van der Waals surface area contributed by atoms with Crippen LogP contribution in [0.1, 0.15) is 23.6 Å². The largest absolute Gasteiger partial charge is 0.321 e. The number of nitrogens with one attached hydrogen (secondary N) is 1. The van der Waals surface area contributed by atoms with Gasteiger partial charge in [-0.15, -0.1) is 0 Å². The number of benzene rings is 2. The fourth-order valence-electron chi connectivity index (χ4n) is 2.47. The van der Waals surface area contributed by atoms with Gasteiger partial charge in [-0.05, 0) is 50.0 Å². The Morgan fingerprint density at radius 2 is 1.83 bits per heavy atom. The Kier molecular flexibility index (Phi) is 5.32. The Balaban J connectivity index is 2.21. The summed E-state index contributed by atoms with van der Waals surface area (Å²) in [5.74, 6) is -0.354. The molecule has 23 heavy (non-hydrogen) atoms. The second-order valence-corrected chi connectivity index (χ2v) is 5.70. The molecule has 0 fully saturated rings. The van der Waals surface area contributed by atoms with E-state index in [-0.39, 0.29) is 11.5 Å². The monoisotopic (exact) mass is 304 g/mol. The summed E-state index contributed by atoms with van der Waals surface area (Å²) < 4.78 is 0. The van der Waals surface area contributed by atoms with Gasteiger partial charge in [0.05, 0.1) is 0 Å². The van der Waals surface area contributed by atoms with Crippen LogP contribution in [0.4, 0.5) is 5.69 Å². The molecule has 0 aliphatic heterocycles. The van der Waals surface area contributed by atoms with E-state index in [1.165, 1.54) is 0 Å². The van der Waals surface area contributed by atoms with Gasteiger partial charge in [0.1, 0.15) is 11.6 Å². The van der Waals surface area contributed by atoms with Crippen LogP contribution in [0.25, 0.3) is 0 Å². The molecule has 1 N–H and O–H groups in total. The van der Waals surface area contributed by atoms with Crippen molar-refractivity contribution in [2.75, 3.05) is 5.32 Å². The number of hydrogen-bond donors (Lipinski definition) is 1.